The largest absolute Gasteiger partial charge is 0.480 e. The second kappa shape index (κ2) is 6.94. The Morgan fingerprint density at radius 2 is 1.81 bits per heavy atom. The van der Waals surface area contributed by atoms with Crippen molar-refractivity contribution in [3.05, 3.63) is 24.3 Å². The van der Waals surface area contributed by atoms with Crippen molar-refractivity contribution in [3.63, 3.8) is 0 Å². The Morgan fingerprint density at radius 3 is 2.33 bits per heavy atom. The van der Waals surface area contributed by atoms with E-state index in [9.17, 15) is 9.59 Å². The highest BCUT2D eigenvalue weighted by Gasteiger charge is 2.18. The van der Waals surface area contributed by atoms with Gasteiger partial charge in [0.05, 0.1) is 6.61 Å². The van der Waals surface area contributed by atoms with Gasteiger partial charge in [-0.15, -0.1) is 0 Å². The number of carbonyl (C=O) groups is 2. The molecule has 21 heavy (non-hydrogen) atoms. The quantitative estimate of drug-likeness (QED) is 0.645. The Balaban J connectivity index is 1.90. The molecule has 1 heterocycles. The van der Waals surface area contributed by atoms with Gasteiger partial charge in [0.15, 0.2) is 6.04 Å². The van der Waals surface area contributed by atoms with Crippen molar-refractivity contribution in [3.8, 4) is 0 Å². The van der Waals surface area contributed by atoms with Gasteiger partial charge in [0.1, 0.15) is 0 Å². The van der Waals surface area contributed by atoms with E-state index >= 15 is 0 Å². The third-order valence-corrected chi connectivity index (χ3v) is 3.38. The van der Waals surface area contributed by atoms with E-state index in [0.717, 1.165) is 18.8 Å². The van der Waals surface area contributed by atoms with Crippen LogP contribution in [0.5, 0.6) is 0 Å². The molecule has 0 saturated carbocycles. The molecule has 0 spiro atoms. The Morgan fingerprint density at radius 1 is 1.19 bits per heavy atom. The average Bonchev–Trinajstić information content (AvgIpc) is 2.99. The van der Waals surface area contributed by atoms with Crippen LogP contribution in [-0.4, -0.2) is 48.0 Å². The van der Waals surface area contributed by atoms with E-state index in [-0.39, 0.29) is 0 Å². The minimum atomic E-state index is -1.31. The number of hydrogen-bond donors (Lipinski definition) is 4. The zero-order valence-electron chi connectivity index (χ0n) is 11.6. The average molecular weight is 293 g/mol. The number of carboxylic acid groups (broad SMARTS) is 1. The van der Waals surface area contributed by atoms with E-state index in [2.05, 4.69) is 15.5 Å². The number of benzene rings is 1. The van der Waals surface area contributed by atoms with Gasteiger partial charge in [0, 0.05) is 24.5 Å². The first-order valence-electron chi connectivity index (χ1n) is 6.86. The predicted octanol–water partition coefficient (Wildman–Crippen LogP) is 0.854. The summed E-state index contributed by atoms with van der Waals surface area (Å²) < 4.78 is 0. The standard InChI is InChI=1S/C14H19N3O4/c18-9-12(13(19)20)16-14(21)15-10-3-5-11(6-4-10)17-7-1-2-8-17/h3-6,12,18H,1-2,7-9H2,(H,19,20)(H2,15,16,21)/t12-/m0/s1. The number of urea groups is 1. The number of rotatable bonds is 5. The SMILES string of the molecule is O=C(Nc1ccc(N2CCCC2)cc1)N[C@@H](CO)C(=O)O. The number of aliphatic hydroxyl groups excluding tert-OH is 1. The molecule has 7 nitrogen and oxygen atoms in total. The van der Waals surface area contributed by atoms with Crippen LogP contribution in [0.4, 0.5) is 16.2 Å². The first kappa shape index (κ1) is 15.1. The number of hydrogen-bond acceptors (Lipinski definition) is 4. The molecule has 1 saturated heterocycles. The topological polar surface area (TPSA) is 102 Å². The maximum Gasteiger partial charge on any atom is 0.328 e. The number of carbonyl (C=O) groups excluding carboxylic acids is 1. The summed E-state index contributed by atoms with van der Waals surface area (Å²) in [7, 11) is 0. The molecule has 114 valence electrons. The van der Waals surface area contributed by atoms with Gasteiger partial charge in [0.25, 0.3) is 0 Å². The van der Waals surface area contributed by atoms with Crippen molar-refractivity contribution in [1.82, 2.24) is 5.32 Å². The predicted molar refractivity (Wildman–Crippen MR) is 78.6 cm³/mol. The molecule has 7 heteroatoms. The molecule has 1 aromatic carbocycles. The van der Waals surface area contributed by atoms with Gasteiger partial charge in [-0.25, -0.2) is 9.59 Å². The summed E-state index contributed by atoms with van der Waals surface area (Å²) in [5, 5.41) is 22.3. The zero-order chi connectivity index (χ0) is 15.2. The van der Waals surface area contributed by atoms with E-state index in [1.54, 1.807) is 12.1 Å². The summed E-state index contributed by atoms with van der Waals surface area (Å²) in [6, 6.07) is 5.40. The van der Waals surface area contributed by atoms with Gasteiger partial charge in [-0.05, 0) is 37.1 Å². The number of aliphatic carboxylic acids is 1. The molecule has 1 aromatic rings. The summed E-state index contributed by atoms with van der Waals surface area (Å²) in [5.41, 5.74) is 1.68. The third kappa shape index (κ3) is 4.09. The molecule has 4 N–H and O–H groups in total. The molecule has 0 unspecified atom stereocenters. The zero-order valence-corrected chi connectivity index (χ0v) is 11.6. The Labute approximate surface area is 122 Å². The van der Waals surface area contributed by atoms with E-state index in [4.69, 9.17) is 10.2 Å². The molecule has 1 aliphatic heterocycles. The minimum absolute atomic E-state index is 0.567. The summed E-state index contributed by atoms with van der Waals surface area (Å²) in [6.45, 7) is 1.44. The fourth-order valence-electron chi connectivity index (χ4n) is 2.24. The van der Waals surface area contributed by atoms with Gasteiger partial charge in [-0.1, -0.05) is 0 Å². The molecule has 2 rings (SSSR count). The van der Waals surface area contributed by atoms with Crippen molar-refractivity contribution >= 4 is 23.4 Å². The summed E-state index contributed by atoms with van der Waals surface area (Å²) in [5.74, 6) is -1.28. The molecule has 0 bridgehead atoms. The first-order valence-corrected chi connectivity index (χ1v) is 6.86. The van der Waals surface area contributed by atoms with E-state index in [0.29, 0.717) is 5.69 Å². The van der Waals surface area contributed by atoms with Crippen LogP contribution in [0, 0.1) is 0 Å². The van der Waals surface area contributed by atoms with Crippen LogP contribution in [0.2, 0.25) is 0 Å². The number of carboxylic acids is 1. The van der Waals surface area contributed by atoms with Crippen LogP contribution in [0.25, 0.3) is 0 Å². The third-order valence-electron chi connectivity index (χ3n) is 3.38. The minimum Gasteiger partial charge on any atom is -0.480 e. The lowest BCUT2D eigenvalue weighted by Crippen LogP contribution is -2.45. The molecular formula is C14H19N3O4. The fraction of sp³-hybridized carbons (Fsp3) is 0.429. The molecule has 1 fully saturated rings. The Bertz CT molecular complexity index is 497. The number of nitrogens with zero attached hydrogens (tertiary/aromatic N) is 1. The smallest absolute Gasteiger partial charge is 0.328 e. The van der Waals surface area contributed by atoms with E-state index in [1.165, 1.54) is 12.8 Å². The molecule has 0 radical (unpaired) electrons. The maximum absolute atomic E-state index is 11.6. The first-order chi connectivity index (χ1) is 10.1. The van der Waals surface area contributed by atoms with Crippen LogP contribution in [-0.2, 0) is 4.79 Å². The summed E-state index contributed by atoms with van der Waals surface area (Å²) in [4.78, 5) is 24.6. The molecule has 2 amide bonds. The molecule has 1 aliphatic rings. The normalized spacial score (nSPS) is 15.6. The van der Waals surface area contributed by atoms with Crippen LogP contribution in [0.15, 0.2) is 24.3 Å². The second-order valence-corrected chi connectivity index (χ2v) is 4.91. The van der Waals surface area contributed by atoms with E-state index in [1.807, 2.05) is 12.1 Å². The van der Waals surface area contributed by atoms with Crippen molar-refractivity contribution in [2.45, 2.75) is 18.9 Å². The molecular weight excluding hydrogens is 274 g/mol. The maximum atomic E-state index is 11.6. The fourth-order valence-corrected chi connectivity index (χ4v) is 2.24. The van der Waals surface area contributed by atoms with Crippen LogP contribution < -0.4 is 15.5 Å². The van der Waals surface area contributed by atoms with Crippen LogP contribution in [0.3, 0.4) is 0 Å². The Hall–Kier alpha value is -2.28. The lowest BCUT2D eigenvalue weighted by Gasteiger charge is -2.18. The van der Waals surface area contributed by atoms with Gasteiger partial charge < -0.3 is 25.7 Å². The van der Waals surface area contributed by atoms with Gasteiger partial charge >= 0.3 is 12.0 Å². The summed E-state index contributed by atoms with van der Waals surface area (Å²) >= 11 is 0. The van der Waals surface area contributed by atoms with Gasteiger partial charge in [-0.3, -0.25) is 0 Å². The highest BCUT2D eigenvalue weighted by molar-refractivity contribution is 5.92. The highest BCUT2D eigenvalue weighted by Crippen LogP contribution is 2.21. The monoisotopic (exact) mass is 293 g/mol. The van der Waals surface area contributed by atoms with Crippen molar-refractivity contribution in [2.24, 2.45) is 0 Å². The lowest BCUT2D eigenvalue weighted by molar-refractivity contribution is -0.140. The van der Waals surface area contributed by atoms with Gasteiger partial charge in [-0.2, -0.15) is 0 Å². The molecule has 1 atom stereocenters. The number of nitrogens with one attached hydrogen (secondary N) is 2. The van der Waals surface area contributed by atoms with Crippen molar-refractivity contribution in [2.75, 3.05) is 29.9 Å². The van der Waals surface area contributed by atoms with Crippen LogP contribution >= 0.6 is 0 Å². The molecule has 0 aromatic heterocycles. The molecule has 0 aliphatic carbocycles. The highest BCUT2D eigenvalue weighted by atomic mass is 16.4. The summed E-state index contributed by atoms with van der Waals surface area (Å²) in [6.07, 6.45) is 2.39. The number of aliphatic hydroxyl groups is 1. The van der Waals surface area contributed by atoms with Crippen LogP contribution in [0.1, 0.15) is 12.8 Å². The number of amides is 2. The van der Waals surface area contributed by atoms with Crippen molar-refractivity contribution < 1.29 is 19.8 Å². The van der Waals surface area contributed by atoms with Crippen molar-refractivity contribution in [1.29, 1.82) is 0 Å². The second-order valence-electron chi connectivity index (χ2n) is 4.91. The lowest BCUT2D eigenvalue weighted by atomic mass is 10.2. The Kier molecular flexibility index (Phi) is 4.99. The van der Waals surface area contributed by atoms with E-state index < -0.39 is 24.6 Å². The van der Waals surface area contributed by atoms with Gasteiger partial charge in [0.2, 0.25) is 0 Å². The number of anilines is 2.